The standard InChI is InChI=1S/C24H20FN5O2/c1-15-9-10-18(17(25)12-15)27-22(31)13-21-23(32)29(14-16-6-4-5-11-26-16)24-28-19-7-2-3-8-20(19)30(21)24/h2-12,21H,13-14H2,1H3,(H,27,31). The van der Waals surface area contributed by atoms with Crippen LogP contribution in [0.5, 0.6) is 0 Å². The van der Waals surface area contributed by atoms with Gasteiger partial charge in [-0.25, -0.2) is 9.37 Å². The Balaban J connectivity index is 1.47. The molecule has 160 valence electrons. The Hall–Kier alpha value is -4.07. The molecule has 1 aliphatic rings. The van der Waals surface area contributed by atoms with Gasteiger partial charge in [0.25, 0.3) is 5.91 Å². The number of hydrogen-bond acceptors (Lipinski definition) is 4. The van der Waals surface area contributed by atoms with E-state index in [0.29, 0.717) is 11.6 Å². The van der Waals surface area contributed by atoms with Crippen molar-refractivity contribution < 1.29 is 14.0 Å². The van der Waals surface area contributed by atoms with E-state index < -0.39 is 17.8 Å². The second kappa shape index (κ2) is 7.88. The highest BCUT2D eigenvalue weighted by molar-refractivity contribution is 6.05. The van der Waals surface area contributed by atoms with Gasteiger partial charge in [-0.05, 0) is 48.9 Å². The fourth-order valence-corrected chi connectivity index (χ4v) is 4.00. The number of benzene rings is 2. The van der Waals surface area contributed by atoms with Gasteiger partial charge in [0, 0.05) is 6.20 Å². The summed E-state index contributed by atoms with van der Waals surface area (Å²) in [7, 11) is 0. The van der Waals surface area contributed by atoms with E-state index in [1.54, 1.807) is 28.7 Å². The number of fused-ring (bicyclic) bond motifs is 3. The Bertz CT molecular complexity index is 1330. The number of aryl methyl sites for hydroxylation is 1. The first-order chi connectivity index (χ1) is 15.5. The second-order valence-corrected chi connectivity index (χ2v) is 7.77. The van der Waals surface area contributed by atoms with E-state index in [4.69, 9.17) is 0 Å². The lowest BCUT2D eigenvalue weighted by Crippen LogP contribution is -2.31. The minimum Gasteiger partial charge on any atom is -0.324 e. The molecule has 5 rings (SSSR count). The van der Waals surface area contributed by atoms with Gasteiger partial charge in [0.1, 0.15) is 11.9 Å². The third kappa shape index (κ3) is 3.49. The predicted octanol–water partition coefficient (Wildman–Crippen LogP) is 4.00. The first-order valence-corrected chi connectivity index (χ1v) is 10.3. The molecule has 0 radical (unpaired) electrons. The Morgan fingerprint density at radius 1 is 1.12 bits per heavy atom. The first-order valence-electron chi connectivity index (χ1n) is 10.3. The smallest absolute Gasteiger partial charge is 0.253 e. The van der Waals surface area contributed by atoms with Crippen LogP contribution in [-0.2, 0) is 16.1 Å². The van der Waals surface area contributed by atoms with E-state index in [2.05, 4.69) is 15.3 Å². The van der Waals surface area contributed by atoms with Crippen LogP contribution in [0.15, 0.2) is 66.9 Å². The summed E-state index contributed by atoms with van der Waals surface area (Å²) in [6, 6.07) is 16.8. The summed E-state index contributed by atoms with van der Waals surface area (Å²) in [4.78, 5) is 36.6. The number of anilines is 2. The Morgan fingerprint density at radius 2 is 1.94 bits per heavy atom. The van der Waals surface area contributed by atoms with Crippen LogP contribution in [-0.4, -0.2) is 26.3 Å². The van der Waals surface area contributed by atoms with Crippen molar-refractivity contribution in [3.8, 4) is 0 Å². The number of imidazole rings is 1. The monoisotopic (exact) mass is 429 g/mol. The van der Waals surface area contributed by atoms with Gasteiger partial charge in [0.05, 0.1) is 35.4 Å². The minimum atomic E-state index is -0.783. The number of halogens is 1. The van der Waals surface area contributed by atoms with Gasteiger partial charge in [-0.1, -0.05) is 24.3 Å². The number of para-hydroxylation sites is 2. The average molecular weight is 429 g/mol. The summed E-state index contributed by atoms with van der Waals surface area (Å²) in [5.41, 5.74) is 3.05. The molecule has 2 aromatic carbocycles. The predicted molar refractivity (Wildman–Crippen MR) is 119 cm³/mol. The summed E-state index contributed by atoms with van der Waals surface area (Å²) in [5.74, 6) is -0.735. The number of carbonyl (C=O) groups excluding carboxylic acids is 2. The van der Waals surface area contributed by atoms with E-state index in [1.807, 2.05) is 42.5 Å². The lowest BCUT2D eigenvalue weighted by atomic mass is 10.1. The SMILES string of the molecule is Cc1ccc(NC(=O)CC2C(=O)N(Cc3ccccn3)c3nc4ccccc4n32)c(F)c1. The van der Waals surface area contributed by atoms with Crippen molar-refractivity contribution in [3.63, 3.8) is 0 Å². The largest absolute Gasteiger partial charge is 0.324 e. The van der Waals surface area contributed by atoms with Crippen LogP contribution in [0.25, 0.3) is 11.0 Å². The van der Waals surface area contributed by atoms with Crippen molar-refractivity contribution >= 4 is 34.5 Å². The van der Waals surface area contributed by atoms with Gasteiger partial charge in [0.15, 0.2) is 0 Å². The van der Waals surface area contributed by atoms with Crippen LogP contribution in [0.1, 0.15) is 23.7 Å². The Morgan fingerprint density at radius 3 is 2.72 bits per heavy atom. The zero-order valence-corrected chi connectivity index (χ0v) is 17.3. The molecule has 2 amide bonds. The maximum atomic E-state index is 14.2. The van der Waals surface area contributed by atoms with E-state index in [9.17, 15) is 14.0 Å². The molecule has 3 heterocycles. The van der Waals surface area contributed by atoms with E-state index in [0.717, 1.165) is 16.6 Å². The van der Waals surface area contributed by atoms with Gasteiger partial charge in [0.2, 0.25) is 11.9 Å². The van der Waals surface area contributed by atoms with Crippen molar-refractivity contribution in [2.75, 3.05) is 10.2 Å². The van der Waals surface area contributed by atoms with E-state index >= 15 is 0 Å². The molecular formula is C24H20FN5O2. The van der Waals surface area contributed by atoms with E-state index in [1.165, 1.54) is 12.1 Å². The summed E-state index contributed by atoms with van der Waals surface area (Å²) < 4.78 is 16.0. The number of rotatable bonds is 5. The average Bonchev–Trinajstić information content (AvgIpc) is 3.27. The van der Waals surface area contributed by atoms with Crippen LogP contribution in [0, 0.1) is 12.7 Å². The summed E-state index contributed by atoms with van der Waals surface area (Å²) in [5, 5.41) is 2.59. The molecule has 8 heteroatoms. The number of aromatic nitrogens is 3. The van der Waals surface area contributed by atoms with Crippen LogP contribution >= 0.6 is 0 Å². The number of hydrogen-bond donors (Lipinski definition) is 1. The highest BCUT2D eigenvalue weighted by Gasteiger charge is 2.41. The van der Waals surface area contributed by atoms with Crippen LogP contribution in [0.2, 0.25) is 0 Å². The minimum absolute atomic E-state index is 0.0899. The van der Waals surface area contributed by atoms with Gasteiger partial charge in [-0.2, -0.15) is 0 Å². The Labute approximate surface area is 183 Å². The highest BCUT2D eigenvalue weighted by Crippen LogP contribution is 2.37. The van der Waals surface area contributed by atoms with Crippen LogP contribution < -0.4 is 10.2 Å². The molecule has 7 nitrogen and oxygen atoms in total. The summed E-state index contributed by atoms with van der Waals surface area (Å²) >= 11 is 0. The maximum absolute atomic E-state index is 14.2. The molecular weight excluding hydrogens is 409 g/mol. The topological polar surface area (TPSA) is 80.1 Å². The molecule has 0 saturated heterocycles. The quantitative estimate of drug-likeness (QED) is 0.520. The lowest BCUT2D eigenvalue weighted by Gasteiger charge is -2.15. The third-order valence-electron chi connectivity index (χ3n) is 5.51. The molecule has 1 aliphatic heterocycles. The highest BCUT2D eigenvalue weighted by atomic mass is 19.1. The number of carbonyl (C=O) groups is 2. The Kier molecular flexibility index (Phi) is 4.89. The van der Waals surface area contributed by atoms with E-state index in [-0.39, 0.29) is 24.6 Å². The molecule has 0 saturated carbocycles. The summed E-state index contributed by atoms with van der Waals surface area (Å²) in [6.07, 6.45) is 1.53. The molecule has 1 atom stereocenters. The molecule has 0 spiro atoms. The van der Waals surface area contributed by atoms with Crippen LogP contribution in [0.4, 0.5) is 16.0 Å². The molecule has 1 unspecified atom stereocenters. The molecule has 1 N–H and O–H groups in total. The molecule has 0 bridgehead atoms. The number of pyridine rings is 1. The van der Waals surface area contributed by atoms with Gasteiger partial charge < -0.3 is 5.32 Å². The summed E-state index contributed by atoms with van der Waals surface area (Å²) in [6.45, 7) is 2.02. The maximum Gasteiger partial charge on any atom is 0.253 e. The first kappa shape index (κ1) is 19.9. The molecule has 2 aromatic heterocycles. The fourth-order valence-electron chi connectivity index (χ4n) is 4.00. The number of nitrogens with zero attached hydrogens (tertiary/aromatic N) is 4. The molecule has 0 aliphatic carbocycles. The molecule has 32 heavy (non-hydrogen) atoms. The van der Waals surface area contributed by atoms with Crippen LogP contribution in [0.3, 0.4) is 0 Å². The second-order valence-electron chi connectivity index (χ2n) is 7.77. The van der Waals surface area contributed by atoms with Crippen molar-refractivity contribution in [3.05, 3.63) is 83.9 Å². The van der Waals surface area contributed by atoms with Crippen molar-refractivity contribution in [2.24, 2.45) is 0 Å². The molecule has 0 fully saturated rings. The number of nitrogens with one attached hydrogen (secondary N) is 1. The van der Waals surface area contributed by atoms with Gasteiger partial charge in [-0.3, -0.25) is 24.0 Å². The van der Waals surface area contributed by atoms with Gasteiger partial charge in [-0.15, -0.1) is 0 Å². The van der Waals surface area contributed by atoms with Gasteiger partial charge >= 0.3 is 0 Å². The van der Waals surface area contributed by atoms with Crippen molar-refractivity contribution in [2.45, 2.75) is 25.9 Å². The van der Waals surface area contributed by atoms with Crippen molar-refractivity contribution in [1.82, 2.24) is 14.5 Å². The zero-order chi connectivity index (χ0) is 22.2. The third-order valence-corrected chi connectivity index (χ3v) is 5.51. The van der Waals surface area contributed by atoms with Crippen molar-refractivity contribution in [1.29, 1.82) is 0 Å². The molecule has 4 aromatic rings. The number of amides is 2. The zero-order valence-electron chi connectivity index (χ0n) is 17.3. The normalized spacial score (nSPS) is 15.2. The fraction of sp³-hybridized carbons (Fsp3) is 0.167. The lowest BCUT2D eigenvalue weighted by molar-refractivity contribution is -0.124.